The monoisotopic (exact) mass is 241 g/mol. The minimum absolute atomic E-state index is 0.158. The van der Waals surface area contributed by atoms with Crippen molar-refractivity contribution in [2.75, 3.05) is 20.2 Å². The highest BCUT2D eigenvalue weighted by molar-refractivity contribution is 5.14. The second kappa shape index (κ2) is 6.79. The fourth-order valence-corrected chi connectivity index (χ4v) is 1.65. The maximum atomic E-state index is 9.78. The van der Waals surface area contributed by atoms with Crippen LogP contribution in [0.2, 0.25) is 0 Å². The highest BCUT2D eigenvalue weighted by Crippen LogP contribution is 2.11. The standard InChI is InChI=1S/C13H23NO3/c1-10(2)17-9-13(15)8-14(4)7-12-5-6-16-11(12)3/h5-6,10,13,15H,7-9H2,1-4H3. The summed E-state index contributed by atoms with van der Waals surface area (Å²) >= 11 is 0. The van der Waals surface area contributed by atoms with E-state index >= 15 is 0 Å². The maximum Gasteiger partial charge on any atom is 0.105 e. The van der Waals surface area contributed by atoms with Crippen LogP contribution in [0.4, 0.5) is 0 Å². The lowest BCUT2D eigenvalue weighted by atomic mass is 10.2. The van der Waals surface area contributed by atoms with Crippen molar-refractivity contribution < 1.29 is 14.3 Å². The van der Waals surface area contributed by atoms with Crippen molar-refractivity contribution >= 4 is 0 Å². The lowest BCUT2D eigenvalue weighted by Gasteiger charge is -2.21. The van der Waals surface area contributed by atoms with Gasteiger partial charge in [0.1, 0.15) is 5.76 Å². The Morgan fingerprint density at radius 1 is 1.47 bits per heavy atom. The summed E-state index contributed by atoms with van der Waals surface area (Å²) in [7, 11) is 1.98. The van der Waals surface area contributed by atoms with Crippen molar-refractivity contribution in [3.8, 4) is 0 Å². The maximum absolute atomic E-state index is 9.78. The first-order valence-corrected chi connectivity index (χ1v) is 6.00. The van der Waals surface area contributed by atoms with Gasteiger partial charge in [-0.05, 0) is 33.9 Å². The number of aryl methyl sites for hydroxylation is 1. The van der Waals surface area contributed by atoms with Crippen LogP contribution in [0, 0.1) is 6.92 Å². The molecular formula is C13H23NO3. The van der Waals surface area contributed by atoms with Crippen LogP contribution in [0.25, 0.3) is 0 Å². The molecule has 17 heavy (non-hydrogen) atoms. The fourth-order valence-electron chi connectivity index (χ4n) is 1.65. The van der Waals surface area contributed by atoms with Crippen molar-refractivity contribution in [2.45, 2.75) is 39.5 Å². The molecule has 0 aliphatic carbocycles. The van der Waals surface area contributed by atoms with E-state index in [4.69, 9.17) is 9.15 Å². The van der Waals surface area contributed by atoms with E-state index in [1.807, 2.05) is 33.9 Å². The average Bonchev–Trinajstić information content (AvgIpc) is 2.61. The van der Waals surface area contributed by atoms with E-state index in [0.29, 0.717) is 13.2 Å². The molecule has 0 aromatic carbocycles. The first-order chi connectivity index (χ1) is 7.99. The molecule has 0 spiro atoms. The molecule has 1 aromatic heterocycles. The number of nitrogens with zero attached hydrogens (tertiary/aromatic N) is 1. The third-order valence-electron chi connectivity index (χ3n) is 2.55. The first-order valence-electron chi connectivity index (χ1n) is 6.00. The summed E-state index contributed by atoms with van der Waals surface area (Å²) < 4.78 is 10.6. The quantitative estimate of drug-likeness (QED) is 0.790. The Morgan fingerprint density at radius 3 is 2.71 bits per heavy atom. The van der Waals surface area contributed by atoms with Gasteiger partial charge in [-0.15, -0.1) is 0 Å². The first kappa shape index (κ1) is 14.2. The van der Waals surface area contributed by atoms with Crippen molar-refractivity contribution in [1.82, 2.24) is 4.90 Å². The molecule has 0 amide bonds. The van der Waals surface area contributed by atoms with Gasteiger partial charge in [0.2, 0.25) is 0 Å². The Bertz CT molecular complexity index is 322. The van der Waals surface area contributed by atoms with Gasteiger partial charge in [-0.1, -0.05) is 0 Å². The van der Waals surface area contributed by atoms with E-state index in [2.05, 4.69) is 4.90 Å². The molecule has 98 valence electrons. The molecule has 0 saturated heterocycles. The number of aliphatic hydroxyl groups is 1. The van der Waals surface area contributed by atoms with Gasteiger partial charge in [-0.3, -0.25) is 4.90 Å². The summed E-state index contributed by atoms with van der Waals surface area (Å²) in [6.45, 7) is 7.63. The molecule has 0 fully saturated rings. The molecule has 1 N–H and O–H groups in total. The minimum Gasteiger partial charge on any atom is -0.469 e. The Labute approximate surface area is 103 Å². The lowest BCUT2D eigenvalue weighted by molar-refractivity contribution is -0.00638. The van der Waals surface area contributed by atoms with Crippen molar-refractivity contribution in [3.63, 3.8) is 0 Å². The Balaban J connectivity index is 2.29. The number of aliphatic hydroxyl groups excluding tert-OH is 1. The molecule has 1 unspecified atom stereocenters. The highest BCUT2D eigenvalue weighted by atomic mass is 16.5. The second-order valence-corrected chi connectivity index (χ2v) is 4.73. The van der Waals surface area contributed by atoms with Crippen LogP contribution in [0.5, 0.6) is 0 Å². The zero-order valence-electron chi connectivity index (χ0n) is 11.1. The summed E-state index contributed by atoms with van der Waals surface area (Å²) in [6.07, 6.45) is 1.40. The van der Waals surface area contributed by atoms with Crippen molar-refractivity contribution in [1.29, 1.82) is 0 Å². The zero-order valence-corrected chi connectivity index (χ0v) is 11.1. The summed E-state index contributed by atoms with van der Waals surface area (Å²) in [5.74, 6) is 0.935. The van der Waals surface area contributed by atoms with Gasteiger partial charge in [-0.2, -0.15) is 0 Å². The molecule has 4 nitrogen and oxygen atoms in total. The molecular weight excluding hydrogens is 218 g/mol. The van der Waals surface area contributed by atoms with Gasteiger partial charge in [-0.25, -0.2) is 0 Å². The Morgan fingerprint density at radius 2 is 2.18 bits per heavy atom. The predicted molar refractivity (Wildman–Crippen MR) is 66.9 cm³/mol. The van der Waals surface area contributed by atoms with Crippen LogP contribution >= 0.6 is 0 Å². The predicted octanol–water partition coefficient (Wildman–Crippen LogP) is 1.81. The normalized spacial score (nSPS) is 13.6. The van der Waals surface area contributed by atoms with Crippen molar-refractivity contribution in [2.24, 2.45) is 0 Å². The highest BCUT2D eigenvalue weighted by Gasteiger charge is 2.11. The van der Waals surface area contributed by atoms with E-state index in [1.54, 1.807) is 6.26 Å². The summed E-state index contributed by atoms with van der Waals surface area (Å²) in [4.78, 5) is 2.06. The minimum atomic E-state index is -0.449. The van der Waals surface area contributed by atoms with Gasteiger partial charge in [0, 0.05) is 18.7 Å². The van der Waals surface area contributed by atoms with Crippen LogP contribution in [0.15, 0.2) is 16.7 Å². The van der Waals surface area contributed by atoms with Gasteiger partial charge < -0.3 is 14.3 Å². The number of rotatable bonds is 7. The third kappa shape index (κ3) is 5.35. The largest absolute Gasteiger partial charge is 0.469 e. The molecule has 0 bridgehead atoms. The van der Waals surface area contributed by atoms with Gasteiger partial charge in [0.25, 0.3) is 0 Å². The number of likely N-dealkylation sites (N-methyl/N-ethyl adjacent to an activating group) is 1. The molecule has 1 rings (SSSR count). The summed E-state index contributed by atoms with van der Waals surface area (Å²) in [6, 6.07) is 1.96. The van der Waals surface area contributed by atoms with E-state index in [-0.39, 0.29) is 6.10 Å². The van der Waals surface area contributed by atoms with Gasteiger partial charge in [0.05, 0.1) is 25.1 Å². The van der Waals surface area contributed by atoms with Crippen LogP contribution in [0.3, 0.4) is 0 Å². The number of ether oxygens (including phenoxy) is 1. The molecule has 1 aromatic rings. The molecule has 0 saturated carbocycles. The number of hydrogen-bond donors (Lipinski definition) is 1. The molecule has 1 heterocycles. The average molecular weight is 241 g/mol. The number of hydrogen-bond acceptors (Lipinski definition) is 4. The summed E-state index contributed by atoms with van der Waals surface area (Å²) in [5, 5.41) is 9.78. The third-order valence-corrected chi connectivity index (χ3v) is 2.55. The number of furan rings is 1. The SMILES string of the molecule is Cc1occc1CN(C)CC(O)COC(C)C. The van der Waals surface area contributed by atoms with E-state index < -0.39 is 6.10 Å². The van der Waals surface area contributed by atoms with E-state index in [0.717, 1.165) is 17.9 Å². The summed E-state index contributed by atoms with van der Waals surface area (Å²) in [5.41, 5.74) is 1.16. The lowest BCUT2D eigenvalue weighted by Crippen LogP contribution is -2.32. The molecule has 0 aliphatic heterocycles. The zero-order chi connectivity index (χ0) is 12.8. The Hall–Kier alpha value is -0.840. The molecule has 0 radical (unpaired) electrons. The fraction of sp³-hybridized carbons (Fsp3) is 0.692. The van der Waals surface area contributed by atoms with Crippen LogP contribution in [-0.4, -0.2) is 42.4 Å². The molecule has 1 atom stereocenters. The Kier molecular flexibility index (Phi) is 5.68. The van der Waals surface area contributed by atoms with Gasteiger partial charge >= 0.3 is 0 Å². The molecule has 4 heteroatoms. The van der Waals surface area contributed by atoms with Crippen molar-refractivity contribution in [3.05, 3.63) is 23.7 Å². The van der Waals surface area contributed by atoms with Crippen LogP contribution in [-0.2, 0) is 11.3 Å². The van der Waals surface area contributed by atoms with Crippen LogP contribution < -0.4 is 0 Å². The van der Waals surface area contributed by atoms with E-state index in [9.17, 15) is 5.11 Å². The van der Waals surface area contributed by atoms with Gasteiger partial charge in [0.15, 0.2) is 0 Å². The van der Waals surface area contributed by atoms with Crippen LogP contribution in [0.1, 0.15) is 25.2 Å². The topological polar surface area (TPSA) is 45.8 Å². The van der Waals surface area contributed by atoms with E-state index in [1.165, 1.54) is 0 Å². The molecule has 0 aliphatic rings. The smallest absolute Gasteiger partial charge is 0.105 e. The second-order valence-electron chi connectivity index (χ2n) is 4.73.